The van der Waals surface area contributed by atoms with Gasteiger partial charge in [-0.3, -0.25) is 4.98 Å². The number of hydrogen-bond donors (Lipinski definition) is 1. The van der Waals surface area contributed by atoms with Gasteiger partial charge in [0.15, 0.2) is 0 Å². The number of aromatic nitrogens is 1. The zero-order valence-corrected chi connectivity index (χ0v) is 20.2. The number of hydrogen-bond acceptors (Lipinski definition) is 5. The van der Waals surface area contributed by atoms with Crippen LogP contribution in [0.25, 0.3) is 11.1 Å². The topological polar surface area (TPSA) is 88.6 Å². The lowest BCUT2D eigenvalue weighted by atomic mass is 9.85. The van der Waals surface area contributed by atoms with Gasteiger partial charge in [0, 0.05) is 38.3 Å². The Hall–Kier alpha value is -3.23. The first-order valence-electron chi connectivity index (χ1n) is 11.3. The number of benzene rings is 2. The molecule has 2 atom stereocenters. The SMILES string of the molecule is C[C@@H](c1ccc(-c2cccnc2)cc1)N1CCC(CCNS(C)(=O)=O)(c2ccccc2)OC1=O. The number of nitrogens with zero attached hydrogens (tertiary/aromatic N) is 2. The van der Waals surface area contributed by atoms with Gasteiger partial charge in [-0.05, 0) is 35.2 Å². The Balaban J connectivity index is 1.50. The fraction of sp³-hybridized carbons (Fsp3) is 0.308. The molecule has 1 N–H and O–H groups in total. The van der Waals surface area contributed by atoms with E-state index < -0.39 is 21.7 Å². The predicted octanol–water partition coefficient (Wildman–Crippen LogP) is 4.49. The average molecular weight is 480 g/mol. The highest BCUT2D eigenvalue weighted by Crippen LogP contribution is 2.39. The van der Waals surface area contributed by atoms with Gasteiger partial charge in [0.25, 0.3) is 0 Å². The fourth-order valence-corrected chi connectivity index (χ4v) is 4.87. The number of cyclic esters (lactones) is 1. The largest absolute Gasteiger partial charge is 0.438 e. The first-order valence-corrected chi connectivity index (χ1v) is 13.2. The van der Waals surface area contributed by atoms with Crippen LogP contribution < -0.4 is 4.72 Å². The summed E-state index contributed by atoms with van der Waals surface area (Å²) in [5.41, 5.74) is 3.10. The summed E-state index contributed by atoms with van der Waals surface area (Å²) in [6.45, 7) is 2.67. The van der Waals surface area contributed by atoms with Gasteiger partial charge in [-0.2, -0.15) is 0 Å². The molecule has 8 heteroatoms. The minimum atomic E-state index is -3.34. The van der Waals surface area contributed by atoms with E-state index in [-0.39, 0.29) is 12.6 Å². The number of carbonyl (C=O) groups excluding carboxylic acids is 1. The molecule has 4 rings (SSSR count). The van der Waals surface area contributed by atoms with E-state index in [0.29, 0.717) is 19.4 Å². The van der Waals surface area contributed by atoms with Gasteiger partial charge in [-0.15, -0.1) is 0 Å². The van der Waals surface area contributed by atoms with E-state index in [2.05, 4.69) is 9.71 Å². The summed E-state index contributed by atoms with van der Waals surface area (Å²) in [6, 6.07) is 21.4. The normalized spacial score (nSPS) is 19.5. The van der Waals surface area contributed by atoms with Crippen LogP contribution in [0, 0.1) is 0 Å². The van der Waals surface area contributed by atoms with Crippen LogP contribution in [0.4, 0.5) is 4.79 Å². The molecule has 1 aliphatic rings. The minimum Gasteiger partial charge on any atom is -0.438 e. The molecule has 2 aromatic carbocycles. The maximum atomic E-state index is 13.2. The summed E-state index contributed by atoms with van der Waals surface area (Å²) in [6.07, 6.45) is 5.21. The lowest BCUT2D eigenvalue weighted by Gasteiger charge is -2.43. The number of nitrogens with one attached hydrogen (secondary N) is 1. The van der Waals surface area contributed by atoms with Crippen molar-refractivity contribution in [1.82, 2.24) is 14.6 Å². The third kappa shape index (κ3) is 5.46. The number of pyridine rings is 1. The van der Waals surface area contributed by atoms with Crippen molar-refractivity contribution in [2.24, 2.45) is 0 Å². The second kappa shape index (κ2) is 9.95. The van der Waals surface area contributed by atoms with Crippen LogP contribution >= 0.6 is 0 Å². The Labute approximate surface area is 200 Å². The summed E-state index contributed by atoms with van der Waals surface area (Å²) >= 11 is 0. The van der Waals surface area contributed by atoms with Gasteiger partial charge in [0.2, 0.25) is 10.0 Å². The molecule has 3 aromatic rings. The Morgan fingerprint density at radius 3 is 2.41 bits per heavy atom. The molecule has 1 amide bonds. The molecule has 2 heterocycles. The first kappa shape index (κ1) is 23.9. The van der Waals surface area contributed by atoms with E-state index in [9.17, 15) is 13.2 Å². The predicted molar refractivity (Wildman–Crippen MR) is 131 cm³/mol. The summed E-state index contributed by atoms with van der Waals surface area (Å²) in [7, 11) is -3.34. The molecular formula is C26H29N3O4S. The summed E-state index contributed by atoms with van der Waals surface area (Å²) in [4.78, 5) is 19.1. The van der Waals surface area contributed by atoms with Gasteiger partial charge in [-0.25, -0.2) is 17.9 Å². The monoisotopic (exact) mass is 479 g/mol. The fourth-order valence-electron chi connectivity index (χ4n) is 4.39. The van der Waals surface area contributed by atoms with E-state index >= 15 is 0 Å². The van der Waals surface area contributed by atoms with Crippen LogP contribution in [0.15, 0.2) is 79.1 Å². The van der Waals surface area contributed by atoms with Crippen LogP contribution in [-0.4, -0.2) is 43.7 Å². The molecule has 0 radical (unpaired) electrons. The zero-order valence-electron chi connectivity index (χ0n) is 19.3. The van der Waals surface area contributed by atoms with Gasteiger partial charge in [-0.1, -0.05) is 60.7 Å². The molecule has 1 saturated heterocycles. The van der Waals surface area contributed by atoms with E-state index in [1.54, 1.807) is 11.1 Å². The molecule has 0 spiro atoms. The van der Waals surface area contributed by atoms with Gasteiger partial charge < -0.3 is 9.64 Å². The molecule has 1 fully saturated rings. The summed E-state index contributed by atoms with van der Waals surface area (Å²) < 4.78 is 31.7. The van der Waals surface area contributed by atoms with Crippen LogP contribution in [0.2, 0.25) is 0 Å². The lowest BCUT2D eigenvalue weighted by molar-refractivity contribution is -0.0644. The van der Waals surface area contributed by atoms with Crippen molar-refractivity contribution in [3.05, 3.63) is 90.3 Å². The van der Waals surface area contributed by atoms with E-state index in [0.717, 1.165) is 28.5 Å². The van der Waals surface area contributed by atoms with Gasteiger partial charge in [0.1, 0.15) is 5.60 Å². The number of sulfonamides is 1. The molecule has 0 saturated carbocycles. The van der Waals surface area contributed by atoms with Crippen molar-refractivity contribution >= 4 is 16.1 Å². The second-order valence-electron chi connectivity index (χ2n) is 8.63. The molecule has 1 unspecified atom stereocenters. The maximum Gasteiger partial charge on any atom is 0.411 e. The molecular weight excluding hydrogens is 450 g/mol. The maximum absolute atomic E-state index is 13.2. The molecule has 1 aliphatic heterocycles. The van der Waals surface area contributed by atoms with Crippen molar-refractivity contribution in [2.75, 3.05) is 19.3 Å². The van der Waals surface area contributed by atoms with Crippen LogP contribution in [0.3, 0.4) is 0 Å². The van der Waals surface area contributed by atoms with Crippen molar-refractivity contribution < 1.29 is 17.9 Å². The second-order valence-corrected chi connectivity index (χ2v) is 10.5. The zero-order chi connectivity index (χ0) is 24.2. The summed E-state index contributed by atoms with van der Waals surface area (Å²) in [5.74, 6) is 0. The van der Waals surface area contributed by atoms with Crippen molar-refractivity contribution in [3.8, 4) is 11.1 Å². The molecule has 178 valence electrons. The number of rotatable bonds is 8. The summed E-state index contributed by atoms with van der Waals surface area (Å²) in [5, 5.41) is 0. The Morgan fingerprint density at radius 1 is 1.06 bits per heavy atom. The quantitative estimate of drug-likeness (QED) is 0.514. The third-order valence-corrected chi connectivity index (χ3v) is 7.05. The van der Waals surface area contributed by atoms with E-state index in [1.807, 2.05) is 79.9 Å². The first-order chi connectivity index (χ1) is 16.3. The van der Waals surface area contributed by atoms with Gasteiger partial charge >= 0.3 is 6.09 Å². The standard InChI is InChI=1S/C26H29N3O4S/c1-20(21-10-12-22(13-11-21)23-7-6-16-27-19-23)29-18-15-26(33-25(29)30,14-17-28-34(2,31)32)24-8-4-3-5-9-24/h3-13,16,19-20,28H,14-15,17-18H2,1-2H3/t20-,26?/m0/s1. The highest BCUT2D eigenvalue weighted by Gasteiger charge is 2.43. The van der Waals surface area contributed by atoms with Crippen LogP contribution in [0.1, 0.15) is 36.9 Å². The van der Waals surface area contributed by atoms with Crippen LogP contribution in [0.5, 0.6) is 0 Å². The van der Waals surface area contributed by atoms with Crippen molar-refractivity contribution in [2.45, 2.75) is 31.4 Å². The smallest absolute Gasteiger partial charge is 0.411 e. The van der Waals surface area contributed by atoms with Gasteiger partial charge in [0.05, 0.1) is 12.3 Å². The molecule has 34 heavy (non-hydrogen) atoms. The van der Waals surface area contributed by atoms with Crippen LogP contribution in [-0.2, 0) is 20.4 Å². The van der Waals surface area contributed by atoms with Crippen molar-refractivity contribution in [3.63, 3.8) is 0 Å². The van der Waals surface area contributed by atoms with Crippen molar-refractivity contribution in [1.29, 1.82) is 0 Å². The minimum absolute atomic E-state index is 0.168. The highest BCUT2D eigenvalue weighted by atomic mass is 32.2. The lowest BCUT2D eigenvalue weighted by Crippen LogP contribution is -2.49. The molecule has 0 bridgehead atoms. The third-order valence-electron chi connectivity index (χ3n) is 6.32. The Morgan fingerprint density at radius 2 is 1.79 bits per heavy atom. The number of ether oxygens (including phenoxy) is 1. The van der Waals surface area contributed by atoms with E-state index in [4.69, 9.17) is 4.74 Å². The molecule has 0 aliphatic carbocycles. The number of amides is 1. The molecule has 1 aromatic heterocycles. The highest BCUT2D eigenvalue weighted by molar-refractivity contribution is 7.88. The number of carbonyl (C=O) groups is 1. The Kier molecular flexibility index (Phi) is 7.00. The van der Waals surface area contributed by atoms with E-state index in [1.165, 1.54) is 0 Å². The average Bonchev–Trinajstić information content (AvgIpc) is 2.84. The molecule has 7 nitrogen and oxygen atoms in total. The Bertz CT molecular complexity index is 1220.